The maximum Gasteiger partial charge on any atom is 0.295 e. The lowest BCUT2D eigenvalue weighted by Gasteiger charge is -2.25. The van der Waals surface area contributed by atoms with E-state index in [-0.39, 0.29) is 17.9 Å². The van der Waals surface area contributed by atoms with Crippen LogP contribution in [0, 0.1) is 12.8 Å². The van der Waals surface area contributed by atoms with Crippen LogP contribution in [0.25, 0.3) is 5.76 Å². The molecular weight excluding hydrogens is 452 g/mol. The lowest BCUT2D eigenvalue weighted by Crippen LogP contribution is -2.29. The second kappa shape index (κ2) is 10.8. The predicted octanol–water partition coefficient (Wildman–Crippen LogP) is 5.61. The monoisotopic (exact) mass is 484 g/mol. The van der Waals surface area contributed by atoms with E-state index < -0.39 is 17.7 Å². The van der Waals surface area contributed by atoms with Gasteiger partial charge >= 0.3 is 0 Å². The summed E-state index contributed by atoms with van der Waals surface area (Å²) < 4.78 is 5.86. The molecule has 1 aliphatic rings. The summed E-state index contributed by atoms with van der Waals surface area (Å²) in [4.78, 5) is 32.2. The molecule has 0 saturated carbocycles. The number of benzene rings is 2. The number of amides is 1. The number of aryl methyl sites for hydroxylation is 2. The molecule has 1 N–H and O–H groups in total. The third kappa shape index (κ3) is 5.18. The van der Waals surface area contributed by atoms with Crippen molar-refractivity contribution in [1.29, 1.82) is 0 Å². The number of likely N-dealkylation sites (tertiary alicyclic amines) is 1. The fourth-order valence-electron chi connectivity index (χ4n) is 4.38. The molecule has 0 radical (unpaired) electrons. The van der Waals surface area contributed by atoms with Gasteiger partial charge in [0.05, 0.1) is 18.2 Å². The Hall–Kier alpha value is -3.93. The Morgan fingerprint density at radius 2 is 1.83 bits per heavy atom. The van der Waals surface area contributed by atoms with E-state index in [1.807, 2.05) is 37.3 Å². The van der Waals surface area contributed by atoms with Crippen molar-refractivity contribution >= 4 is 17.4 Å². The molecule has 0 aliphatic carbocycles. The average molecular weight is 485 g/mol. The molecule has 1 aromatic heterocycles. The van der Waals surface area contributed by atoms with Crippen molar-refractivity contribution in [3.05, 3.63) is 100 Å². The molecule has 1 aliphatic heterocycles. The van der Waals surface area contributed by atoms with Crippen molar-refractivity contribution in [2.24, 2.45) is 5.92 Å². The van der Waals surface area contributed by atoms with Crippen molar-refractivity contribution < 1.29 is 19.4 Å². The van der Waals surface area contributed by atoms with Gasteiger partial charge in [-0.15, -0.1) is 0 Å². The van der Waals surface area contributed by atoms with Gasteiger partial charge in [0.25, 0.3) is 11.7 Å². The van der Waals surface area contributed by atoms with Crippen molar-refractivity contribution in [2.75, 3.05) is 6.61 Å². The molecule has 1 fully saturated rings. The van der Waals surface area contributed by atoms with E-state index in [9.17, 15) is 14.7 Å². The van der Waals surface area contributed by atoms with Crippen molar-refractivity contribution in [3.8, 4) is 5.75 Å². The number of hydrogen-bond donors (Lipinski definition) is 1. The molecule has 6 nitrogen and oxygen atoms in total. The van der Waals surface area contributed by atoms with E-state index in [2.05, 4.69) is 25.8 Å². The molecule has 0 spiro atoms. The van der Waals surface area contributed by atoms with Crippen LogP contribution in [0.4, 0.5) is 0 Å². The van der Waals surface area contributed by atoms with Crippen LogP contribution < -0.4 is 4.74 Å². The molecule has 0 unspecified atom stereocenters. The molecule has 2 aromatic carbocycles. The summed E-state index contributed by atoms with van der Waals surface area (Å²) in [5, 5.41) is 11.4. The number of aliphatic hydroxyl groups excluding tert-OH is 1. The van der Waals surface area contributed by atoms with Gasteiger partial charge in [0, 0.05) is 24.5 Å². The zero-order valence-corrected chi connectivity index (χ0v) is 21.2. The van der Waals surface area contributed by atoms with Crippen LogP contribution in [-0.4, -0.2) is 33.3 Å². The number of aromatic nitrogens is 1. The molecule has 186 valence electrons. The summed E-state index contributed by atoms with van der Waals surface area (Å²) in [7, 11) is 0. The zero-order valence-electron chi connectivity index (χ0n) is 21.2. The van der Waals surface area contributed by atoms with Gasteiger partial charge in [0.1, 0.15) is 11.5 Å². The minimum absolute atomic E-state index is 0.0865. The Bertz CT molecular complexity index is 1280. The van der Waals surface area contributed by atoms with Gasteiger partial charge in [-0.3, -0.25) is 14.6 Å². The Morgan fingerprint density at radius 3 is 2.44 bits per heavy atom. The van der Waals surface area contributed by atoms with Crippen molar-refractivity contribution in [1.82, 2.24) is 9.88 Å². The van der Waals surface area contributed by atoms with Crippen LogP contribution in [0.2, 0.25) is 0 Å². The first-order valence-electron chi connectivity index (χ1n) is 12.3. The maximum atomic E-state index is 13.3. The molecule has 6 heteroatoms. The number of nitrogens with zero attached hydrogens (tertiary/aromatic N) is 2. The molecule has 0 bridgehead atoms. The quantitative estimate of drug-likeness (QED) is 0.255. The lowest BCUT2D eigenvalue weighted by atomic mass is 9.94. The van der Waals surface area contributed by atoms with E-state index in [0.717, 1.165) is 34.4 Å². The third-order valence-corrected chi connectivity index (χ3v) is 6.34. The minimum atomic E-state index is -0.715. The van der Waals surface area contributed by atoms with E-state index >= 15 is 0 Å². The number of carbonyl (C=O) groups excluding carboxylic acids is 2. The Morgan fingerprint density at radius 1 is 1.08 bits per heavy atom. The number of aliphatic hydroxyl groups is 1. The van der Waals surface area contributed by atoms with Gasteiger partial charge in [0.15, 0.2) is 0 Å². The van der Waals surface area contributed by atoms with Gasteiger partial charge in [-0.25, -0.2) is 0 Å². The zero-order chi connectivity index (χ0) is 25.8. The minimum Gasteiger partial charge on any atom is -0.507 e. The average Bonchev–Trinajstić information content (AvgIpc) is 3.13. The highest BCUT2D eigenvalue weighted by molar-refractivity contribution is 6.46. The third-order valence-electron chi connectivity index (χ3n) is 6.34. The number of Topliss-reactive ketones (excluding diaryl/α,β-unsaturated/α-hetero) is 1. The van der Waals surface area contributed by atoms with Crippen LogP contribution in [-0.2, 0) is 22.6 Å². The summed E-state index contributed by atoms with van der Waals surface area (Å²) in [6.07, 6.45) is 4.21. The SMILES string of the molecule is CCc1ccc([C@@H]2/C(=C(\O)c3ccc(OCC(C)C)c(C)c3)C(=O)C(=O)N2Cc2cccnc2)cc1. The molecular formula is C30H32N2O4. The van der Waals surface area contributed by atoms with Gasteiger partial charge in [-0.05, 0) is 65.8 Å². The highest BCUT2D eigenvalue weighted by Crippen LogP contribution is 2.40. The van der Waals surface area contributed by atoms with Crippen LogP contribution in [0.5, 0.6) is 5.75 Å². The number of pyridine rings is 1. The first kappa shape index (κ1) is 25.2. The normalized spacial score (nSPS) is 17.1. The van der Waals surface area contributed by atoms with Gasteiger partial charge in [0.2, 0.25) is 0 Å². The number of ketones is 1. The summed E-state index contributed by atoms with van der Waals surface area (Å²) >= 11 is 0. The van der Waals surface area contributed by atoms with Crippen molar-refractivity contribution in [2.45, 2.75) is 46.7 Å². The molecule has 1 atom stereocenters. The topological polar surface area (TPSA) is 79.7 Å². The highest BCUT2D eigenvalue weighted by atomic mass is 16.5. The van der Waals surface area contributed by atoms with Crippen molar-refractivity contribution in [3.63, 3.8) is 0 Å². The second-order valence-electron chi connectivity index (χ2n) is 9.57. The van der Waals surface area contributed by atoms with E-state index in [0.29, 0.717) is 18.1 Å². The van der Waals surface area contributed by atoms with E-state index in [1.165, 1.54) is 4.90 Å². The smallest absolute Gasteiger partial charge is 0.295 e. The highest BCUT2D eigenvalue weighted by Gasteiger charge is 2.46. The van der Waals surface area contributed by atoms with Crippen LogP contribution >= 0.6 is 0 Å². The molecule has 4 rings (SSSR count). The first-order valence-corrected chi connectivity index (χ1v) is 12.3. The number of hydrogen-bond acceptors (Lipinski definition) is 5. The number of carbonyl (C=O) groups is 2. The lowest BCUT2D eigenvalue weighted by molar-refractivity contribution is -0.140. The van der Waals surface area contributed by atoms with E-state index in [1.54, 1.807) is 36.7 Å². The van der Waals surface area contributed by atoms with Crippen LogP contribution in [0.1, 0.15) is 54.6 Å². The van der Waals surface area contributed by atoms with E-state index in [4.69, 9.17) is 4.74 Å². The Balaban J connectivity index is 1.79. The molecule has 1 saturated heterocycles. The van der Waals surface area contributed by atoms with Gasteiger partial charge < -0.3 is 14.7 Å². The largest absolute Gasteiger partial charge is 0.507 e. The van der Waals surface area contributed by atoms with Crippen LogP contribution in [0.15, 0.2) is 72.6 Å². The second-order valence-corrected chi connectivity index (χ2v) is 9.57. The van der Waals surface area contributed by atoms with Crippen LogP contribution in [0.3, 0.4) is 0 Å². The Kier molecular flexibility index (Phi) is 7.53. The number of ether oxygens (including phenoxy) is 1. The molecule has 3 aromatic rings. The fraction of sp³-hybridized carbons (Fsp3) is 0.300. The summed E-state index contributed by atoms with van der Waals surface area (Å²) in [6, 6.07) is 16.1. The molecule has 36 heavy (non-hydrogen) atoms. The summed E-state index contributed by atoms with van der Waals surface area (Å²) in [5.74, 6) is -0.418. The fourth-order valence-corrected chi connectivity index (χ4v) is 4.38. The summed E-state index contributed by atoms with van der Waals surface area (Å²) in [5.41, 5.74) is 4.12. The maximum absolute atomic E-state index is 13.3. The molecule has 1 amide bonds. The number of rotatable bonds is 8. The summed E-state index contributed by atoms with van der Waals surface area (Å²) in [6.45, 7) is 8.91. The predicted molar refractivity (Wildman–Crippen MR) is 139 cm³/mol. The van der Waals surface area contributed by atoms with Gasteiger partial charge in [-0.2, -0.15) is 0 Å². The van der Waals surface area contributed by atoms with Gasteiger partial charge in [-0.1, -0.05) is 51.1 Å². The standard InChI is InChI=1S/C30H32N2O4/c1-5-21-8-10-23(11-9-21)27-26(29(34)30(35)32(27)17-22-7-6-14-31-16-22)28(33)24-12-13-25(20(4)15-24)36-18-19(2)3/h6-16,19,27,33H,5,17-18H2,1-4H3/b28-26+/t27-/m1/s1. The Labute approximate surface area is 212 Å². The first-order chi connectivity index (χ1) is 17.3. The molecule has 2 heterocycles.